The third-order valence-corrected chi connectivity index (χ3v) is 8.76. The van der Waals surface area contributed by atoms with Crippen molar-refractivity contribution in [3.8, 4) is 0 Å². The summed E-state index contributed by atoms with van der Waals surface area (Å²) < 4.78 is 11.2. The summed E-state index contributed by atoms with van der Waals surface area (Å²) in [6, 6.07) is 0. The van der Waals surface area contributed by atoms with Crippen LogP contribution in [0.15, 0.2) is 12.2 Å². The van der Waals surface area contributed by atoms with Crippen molar-refractivity contribution >= 4 is 11.9 Å². The average Bonchev–Trinajstić information content (AvgIpc) is 3.02. The van der Waals surface area contributed by atoms with E-state index in [0.29, 0.717) is 38.5 Å². The first kappa shape index (κ1) is 16.8. The minimum atomic E-state index is -1.11. The summed E-state index contributed by atoms with van der Waals surface area (Å²) in [6.45, 7) is 5.85. The highest BCUT2D eigenvalue weighted by Gasteiger charge is 2.84. The monoisotopic (exact) mass is 362 g/mol. The van der Waals surface area contributed by atoms with Gasteiger partial charge >= 0.3 is 11.9 Å². The zero-order chi connectivity index (χ0) is 18.7. The van der Waals surface area contributed by atoms with Gasteiger partial charge in [0.2, 0.25) is 0 Å². The van der Waals surface area contributed by atoms with Gasteiger partial charge in [0.25, 0.3) is 0 Å². The molecular weight excluding hydrogens is 336 g/mol. The molecule has 0 radical (unpaired) electrons. The van der Waals surface area contributed by atoms with Gasteiger partial charge in [0.05, 0.1) is 30.1 Å². The molecule has 6 nitrogen and oxygen atoms in total. The number of fused-ring (bicyclic) bond motifs is 1. The Bertz CT molecular complexity index is 747. The minimum Gasteiger partial charge on any atom is -0.469 e. The Morgan fingerprint density at radius 1 is 1.35 bits per heavy atom. The smallest absolute Gasteiger partial charge is 0.315 e. The molecule has 5 rings (SSSR count). The molecule has 1 spiro atoms. The highest BCUT2D eigenvalue weighted by molar-refractivity contribution is 5.85. The fourth-order valence-electron chi connectivity index (χ4n) is 7.76. The van der Waals surface area contributed by atoms with Crippen molar-refractivity contribution in [1.82, 2.24) is 0 Å². The topological polar surface area (TPSA) is 93.1 Å². The Morgan fingerprint density at radius 2 is 2.08 bits per heavy atom. The van der Waals surface area contributed by atoms with Crippen LogP contribution in [0.3, 0.4) is 0 Å². The average molecular weight is 362 g/mol. The molecule has 1 aliphatic heterocycles. The van der Waals surface area contributed by atoms with Crippen molar-refractivity contribution in [1.29, 1.82) is 0 Å². The maximum Gasteiger partial charge on any atom is 0.315 e. The molecule has 4 saturated carbocycles. The number of rotatable bonds is 1. The summed E-state index contributed by atoms with van der Waals surface area (Å²) in [5, 5.41) is 21.8. The quantitative estimate of drug-likeness (QED) is 0.540. The summed E-state index contributed by atoms with van der Waals surface area (Å²) in [5.41, 5.74) is -2.53. The maximum absolute atomic E-state index is 13.0. The summed E-state index contributed by atoms with van der Waals surface area (Å²) in [6.07, 6.45) is 2.51. The molecule has 0 amide bonds. The van der Waals surface area contributed by atoms with Crippen LogP contribution in [0.2, 0.25) is 0 Å². The first-order chi connectivity index (χ1) is 12.2. The zero-order valence-electron chi connectivity index (χ0n) is 15.3. The van der Waals surface area contributed by atoms with Crippen LogP contribution in [0, 0.1) is 28.6 Å². The second-order valence-electron chi connectivity index (χ2n) is 9.47. The first-order valence-corrected chi connectivity index (χ1v) is 9.56. The van der Waals surface area contributed by atoms with Gasteiger partial charge in [-0.2, -0.15) is 0 Å². The predicted molar refractivity (Wildman–Crippen MR) is 89.6 cm³/mol. The second kappa shape index (κ2) is 4.53. The molecule has 2 N–H and O–H groups in total. The summed E-state index contributed by atoms with van der Waals surface area (Å²) in [5.74, 6) is -1.76. The molecule has 1 heterocycles. The first-order valence-electron chi connectivity index (χ1n) is 9.56. The van der Waals surface area contributed by atoms with E-state index in [2.05, 4.69) is 6.58 Å². The fourth-order valence-corrected chi connectivity index (χ4v) is 7.76. The van der Waals surface area contributed by atoms with Gasteiger partial charge in [-0.3, -0.25) is 9.59 Å². The van der Waals surface area contributed by atoms with E-state index in [1.807, 2.05) is 0 Å². The Hall–Kier alpha value is -1.40. The van der Waals surface area contributed by atoms with E-state index in [1.165, 1.54) is 7.11 Å². The summed E-state index contributed by atoms with van der Waals surface area (Å²) >= 11 is 0. The van der Waals surface area contributed by atoms with E-state index in [1.54, 1.807) is 6.92 Å². The number of carbonyl (C=O) groups excluding carboxylic acids is 2. The number of methoxy groups -OCH3 is 1. The Morgan fingerprint density at radius 3 is 2.77 bits per heavy atom. The van der Waals surface area contributed by atoms with Crippen molar-refractivity contribution in [2.75, 3.05) is 7.11 Å². The SMILES string of the molecule is C=C1C[C@@]23C[C@]1(O)CC[C@@H]2[C@]12CC[C@@H](O)[C@](C)(C(=O)O1)[C@@H]2[C@H]3C(=O)OC. The number of aliphatic hydroxyl groups excluding tert-OH is 1. The summed E-state index contributed by atoms with van der Waals surface area (Å²) in [4.78, 5) is 25.9. The van der Waals surface area contributed by atoms with Crippen molar-refractivity contribution < 1.29 is 29.3 Å². The molecular formula is C20H26O6. The van der Waals surface area contributed by atoms with Gasteiger partial charge in [0, 0.05) is 11.8 Å². The van der Waals surface area contributed by atoms with Crippen molar-refractivity contribution in [3.63, 3.8) is 0 Å². The Balaban J connectivity index is 1.75. The predicted octanol–water partition coefficient (Wildman–Crippen LogP) is 1.34. The van der Waals surface area contributed by atoms with E-state index in [-0.39, 0.29) is 11.9 Å². The van der Waals surface area contributed by atoms with Crippen molar-refractivity contribution in [3.05, 3.63) is 12.2 Å². The van der Waals surface area contributed by atoms with Gasteiger partial charge in [0.1, 0.15) is 5.60 Å². The van der Waals surface area contributed by atoms with Gasteiger partial charge in [-0.05, 0) is 56.4 Å². The molecule has 0 unspecified atom stereocenters. The lowest BCUT2D eigenvalue weighted by Gasteiger charge is -2.45. The third kappa shape index (κ3) is 1.47. The molecule has 0 aromatic rings. The maximum atomic E-state index is 13.0. The number of carbonyl (C=O) groups is 2. The van der Waals surface area contributed by atoms with Crippen LogP contribution in [0.4, 0.5) is 0 Å². The molecule has 5 fully saturated rings. The molecule has 0 aromatic carbocycles. The Kier molecular flexibility index (Phi) is 2.92. The number of aliphatic hydroxyl groups is 2. The van der Waals surface area contributed by atoms with Crippen LogP contribution in [0.5, 0.6) is 0 Å². The van der Waals surface area contributed by atoms with Crippen LogP contribution < -0.4 is 0 Å². The van der Waals surface area contributed by atoms with Gasteiger partial charge < -0.3 is 19.7 Å². The molecule has 0 aromatic heterocycles. The van der Waals surface area contributed by atoms with E-state index < -0.39 is 45.9 Å². The van der Waals surface area contributed by atoms with Crippen LogP contribution in [0.1, 0.15) is 45.4 Å². The van der Waals surface area contributed by atoms with Crippen molar-refractivity contribution in [2.24, 2.45) is 28.6 Å². The molecule has 26 heavy (non-hydrogen) atoms. The highest BCUT2D eigenvalue weighted by Crippen LogP contribution is 2.78. The molecule has 142 valence electrons. The normalized spacial score (nSPS) is 56.8. The van der Waals surface area contributed by atoms with E-state index in [4.69, 9.17) is 9.47 Å². The number of hydrogen-bond acceptors (Lipinski definition) is 6. The lowest BCUT2D eigenvalue weighted by Crippen LogP contribution is -2.53. The molecule has 5 aliphatic rings. The molecule has 1 saturated heterocycles. The Labute approximate surface area is 152 Å². The fraction of sp³-hybridized carbons (Fsp3) is 0.800. The van der Waals surface area contributed by atoms with Gasteiger partial charge in [0.15, 0.2) is 0 Å². The van der Waals surface area contributed by atoms with Crippen LogP contribution in [0.25, 0.3) is 0 Å². The second-order valence-corrected chi connectivity index (χ2v) is 9.47. The summed E-state index contributed by atoms with van der Waals surface area (Å²) in [7, 11) is 1.37. The van der Waals surface area contributed by atoms with Crippen LogP contribution in [-0.2, 0) is 19.1 Å². The lowest BCUT2D eigenvalue weighted by molar-refractivity contribution is -0.165. The molecule has 4 bridgehead atoms. The lowest BCUT2D eigenvalue weighted by atomic mass is 9.59. The number of ether oxygens (including phenoxy) is 2. The molecule has 6 heteroatoms. The van der Waals surface area contributed by atoms with Gasteiger partial charge in [-0.25, -0.2) is 0 Å². The van der Waals surface area contributed by atoms with Crippen LogP contribution in [-0.4, -0.2) is 46.6 Å². The standard InChI is InChI=1S/C20H26O6/c1-10-8-18-9-19(10,24)6-4-11(18)20-7-5-12(21)17(2,16(23)26-20)14(20)13(18)15(22)25-3/h11-14,21,24H,1,4-9H2,2-3H3/t11-,12+,13-,14-,17-,18+,19+,20-/m0/s1. The van der Waals surface area contributed by atoms with Gasteiger partial charge in [-0.15, -0.1) is 0 Å². The van der Waals surface area contributed by atoms with E-state index in [0.717, 1.165) is 5.57 Å². The third-order valence-electron chi connectivity index (χ3n) is 8.76. The van der Waals surface area contributed by atoms with E-state index >= 15 is 0 Å². The zero-order valence-corrected chi connectivity index (χ0v) is 15.3. The van der Waals surface area contributed by atoms with Crippen LogP contribution >= 0.6 is 0 Å². The number of hydrogen-bond donors (Lipinski definition) is 2. The molecule has 8 atom stereocenters. The minimum absolute atomic E-state index is 0.0121. The number of esters is 2. The van der Waals surface area contributed by atoms with Crippen molar-refractivity contribution in [2.45, 2.75) is 62.8 Å². The highest BCUT2D eigenvalue weighted by atomic mass is 16.6. The molecule has 4 aliphatic carbocycles. The largest absolute Gasteiger partial charge is 0.469 e. The van der Waals surface area contributed by atoms with Gasteiger partial charge in [-0.1, -0.05) is 6.58 Å². The van der Waals surface area contributed by atoms with E-state index in [9.17, 15) is 19.8 Å².